The van der Waals surface area contributed by atoms with Gasteiger partial charge >= 0.3 is 0 Å². The number of amides is 2. The van der Waals surface area contributed by atoms with Crippen LogP contribution in [0.4, 0.5) is 8.78 Å². The Bertz CT molecular complexity index is 648. The summed E-state index contributed by atoms with van der Waals surface area (Å²) in [6, 6.07) is 3.22. The fourth-order valence-corrected chi connectivity index (χ4v) is 2.51. The van der Waals surface area contributed by atoms with Crippen molar-refractivity contribution < 1.29 is 18.4 Å². The first kappa shape index (κ1) is 18.8. The number of nitrogens with zero attached hydrogens (tertiary/aromatic N) is 2. The molecule has 0 aliphatic carbocycles. The summed E-state index contributed by atoms with van der Waals surface area (Å²) in [7, 11) is 0. The lowest BCUT2D eigenvalue weighted by atomic mass is 10.1. The lowest BCUT2D eigenvalue weighted by Gasteiger charge is -2.25. The Hall–Kier alpha value is -2.51. The van der Waals surface area contributed by atoms with Crippen molar-refractivity contribution in [3.8, 4) is 0 Å². The second-order valence-electron chi connectivity index (χ2n) is 5.65. The maximum atomic E-state index is 13.6. The van der Waals surface area contributed by atoms with Gasteiger partial charge in [-0.15, -0.1) is 0 Å². The molecule has 1 aromatic rings. The summed E-state index contributed by atoms with van der Waals surface area (Å²) in [6.07, 6.45) is 1.38. The lowest BCUT2D eigenvalue weighted by molar-refractivity contribution is -0.147. The Morgan fingerprint density at radius 1 is 1.20 bits per heavy atom. The van der Waals surface area contributed by atoms with Gasteiger partial charge in [-0.2, -0.15) is 0 Å². The molecule has 0 aromatic heterocycles. The molecular weight excluding hydrogens is 330 g/mol. The average Bonchev–Trinajstić information content (AvgIpc) is 2.58. The van der Waals surface area contributed by atoms with Gasteiger partial charge in [0.25, 0.3) is 0 Å². The molecule has 1 aliphatic rings. The molecule has 1 saturated heterocycles. The van der Waals surface area contributed by atoms with Gasteiger partial charge in [-0.3, -0.25) is 14.5 Å². The molecule has 25 heavy (non-hydrogen) atoms. The molecule has 2 N–H and O–H groups in total. The summed E-state index contributed by atoms with van der Waals surface area (Å²) >= 11 is 0. The van der Waals surface area contributed by atoms with Gasteiger partial charge in [0.1, 0.15) is 11.6 Å². The van der Waals surface area contributed by atoms with Crippen LogP contribution in [0.1, 0.15) is 31.7 Å². The molecule has 1 heterocycles. The van der Waals surface area contributed by atoms with E-state index in [1.807, 2.05) is 6.92 Å². The standard InChI is InChI=1S/C17H22F2N4O2/c1-2-20-17(22-11-12-10-13(18)6-7-14(12)19)21-8-9-23-15(24)4-3-5-16(23)25/h6-7,10H,2-5,8-9,11H2,1H3,(H2,20,21,22). The Morgan fingerprint density at radius 2 is 1.92 bits per heavy atom. The molecule has 0 bridgehead atoms. The van der Waals surface area contributed by atoms with E-state index < -0.39 is 11.6 Å². The second-order valence-corrected chi connectivity index (χ2v) is 5.65. The zero-order valence-electron chi connectivity index (χ0n) is 14.1. The summed E-state index contributed by atoms with van der Waals surface area (Å²) in [5.74, 6) is -0.969. The molecule has 0 radical (unpaired) electrons. The van der Waals surface area contributed by atoms with Crippen molar-refractivity contribution in [2.75, 3.05) is 19.6 Å². The minimum absolute atomic E-state index is 0.0273. The van der Waals surface area contributed by atoms with Gasteiger partial charge in [0, 0.05) is 38.0 Å². The van der Waals surface area contributed by atoms with Crippen LogP contribution in [0, 0.1) is 11.6 Å². The molecule has 2 rings (SSSR count). The number of rotatable bonds is 6. The normalized spacial score (nSPS) is 15.5. The predicted octanol–water partition coefficient (Wildman–Crippen LogP) is 1.56. The number of guanidine groups is 1. The summed E-state index contributed by atoms with van der Waals surface area (Å²) in [4.78, 5) is 28.9. The molecule has 0 saturated carbocycles. The van der Waals surface area contributed by atoms with Crippen molar-refractivity contribution in [1.82, 2.24) is 15.5 Å². The molecule has 0 unspecified atom stereocenters. The zero-order chi connectivity index (χ0) is 18.2. The minimum atomic E-state index is -0.523. The van der Waals surface area contributed by atoms with Crippen molar-refractivity contribution in [2.24, 2.45) is 4.99 Å². The summed E-state index contributed by atoms with van der Waals surface area (Å²) in [6.45, 7) is 3.00. The third-order valence-corrected chi connectivity index (χ3v) is 3.77. The lowest BCUT2D eigenvalue weighted by Crippen LogP contribution is -2.46. The van der Waals surface area contributed by atoms with Crippen LogP contribution < -0.4 is 10.6 Å². The van der Waals surface area contributed by atoms with Crippen molar-refractivity contribution in [3.63, 3.8) is 0 Å². The average molecular weight is 352 g/mol. The number of nitrogens with one attached hydrogen (secondary N) is 2. The number of imide groups is 1. The third kappa shape index (κ3) is 5.51. The van der Waals surface area contributed by atoms with Gasteiger partial charge in [-0.1, -0.05) is 0 Å². The number of hydrogen-bond acceptors (Lipinski definition) is 3. The predicted molar refractivity (Wildman–Crippen MR) is 89.7 cm³/mol. The number of aliphatic imine (C=N–C) groups is 1. The quantitative estimate of drug-likeness (QED) is 0.463. The molecular formula is C17H22F2N4O2. The summed E-state index contributed by atoms with van der Waals surface area (Å²) in [5.41, 5.74) is 0.151. The number of piperidine rings is 1. The van der Waals surface area contributed by atoms with Crippen LogP contribution in [0.3, 0.4) is 0 Å². The van der Waals surface area contributed by atoms with Gasteiger partial charge in [0.2, 0.25) is 11.8 Å². The van der Waals surface area contributed by atoms with Crippen LogP contribution in [0.25, 0.3) is 0 Å². The third-order valence-electron chi connectivity index (χ3n) is 3.77. The van der Waals surface area contributed by atoms with Gasteiger partial charge in [-0.25, -0.2) is 13.8 Å². The number of halogens is 2. The van der Waals surface area contributed by atoms with Crippen molar-refractivity contribution in [1.29, 1.82) is 0 Å². The Morgan fingerprint density at radius 3 is 2.60 bits per heavy atom. The highest BCUT2D eigenvalue weighted by atomic mass is 19.1. The number of carbonyl (C=O) groups excluding carboxylic acids is 2. The molecule has 0 atom stereocenters. The maximum Gasteiger partial charge on any atom is 0.229 e. The molecule has 2 amide bonds. The fourth-order valence-electron chi connectivity index (χ4n) is 2.51. The Labute approximate surface area is 145 Å². The first-order valence-electron chi connectivity index (χ1n) is 8.30. The molecule has 1 aliphatic heterocycles. The maximum absolute atomic E-state index is 13.6. The van der Waals surface area contributed by atoms with E-state index in [4.69, 9.17) is 0 Å². The van der Waals surface area contributed by atoms with Crippen molar-refractivity contribution >= 4 is 17.8 Å². The first-order valence-corrected chi connectivity index (χ1v) is 8.30. The number of hydrogen-bond donors (Lipinski definition) is 2. The Balaban J connectivity index is 1.92. The van der Waals surface area contributed by atoms with Gasteiger partial charge < -0.3 is 10.6 Å². The molecule has 1 aromatic carbocycles. The van der Waals surface area contributed by atoms with E-state index in [0.29, 0.717) is 38.3 Å². The van der Waals surface area contributed by atoms with E-state index in [-0.39, 0.29) is 30.5 Å². The Kier molecular flexibility index (Phi) is 6.85. The van der Waals surface area contributed by atoms with E-state index in [1.54, 1.807) is 0 Å². The van der Waals surface area contributed by atoms with Crippen LogP contribution in [-0.4, -0.2) is 42.3 Å². The first-order chi connectivity index (χ1) is 12.0. The van der Waals surface area contributed by atoms with Crippen LogP contribution in [-0.2, 0) is 16.1 Å². The topological polar surface area (TPSA) is 73.8 Å². The van der Waals surface area contributed by atoms with Crippen molar-refractivity contribution in [2.45, 2.75) is 32.7 Å². The second kappa shape index (κ2) is 9.10. The zero-order valence-corrected chi connectivity index (χ0v) is 14.1. The number of likely N-dealkylation sites (tertiary alicyclic amines) is 1. The van der Waals surface area contributed by atoms with E-state index >= 15 is 0 Å². The van der Waals surface area contributed by atoms with E-state index in [1.165, 1.54) is 4.90 Å². The monoisotopic (exact) mass is 352 g/mol. The molecule has 8 heteroatoms. The molecule has 6 nitrogen and oxygen atoms in total. The highest BCUT2D eigenvalue weighted by Crippen LogP contribution is 2.12. The van der Waals surface area contributed by atoms with E-state index in [0.717, 1.165) is 18.2 Å². The summed E-state index contributed by atoms with van der Waals surface area (Å²) in [5, 5.41) is 5.97. The van der Waals surface area contributed by atoms with Crippen LogP contribution in [0.5, 0.6) is 0 Å². The number of benzene rings is 1. The molecule has 1 fully saturated rings. The minimum Gasteiger partial charge on any atom is -0.357 e. The van der Waals surface area contributed by atoms with E-state index in [2.05, 4.69) is 15.6 Å². The van der Waals surface area contributed by atoms with Gasteiger partial charge in [0.05, 0.1) is 6.54 Å². The number of carbonyl (C=O) groups is 2. The van der Waals surface area contributed by atoms with Crippen LogP contribution >= 0.6 is 0 Å². The van der Waals surface area contributed by atoms with Gasteiger partial charge in [-0.05, 0) is 31.5 Å². The molecule has 0 spiro atoms. The van der Waals surface area contributed by atoms with Gasteiger partial charge in [0.15, 0.2) is 5.96 Å². The highest BCUT2D eigenvalue weighted by molar-refractivity contribution is 5.97. The SMILES string of the molecule is CCNC(=NCc1cc(F)ccc1F)NCCN1C(=O)CCCC1=O. The van der Waals surface area contributed by atoms with Crippen LogP contribution in [0.15, 0.2) is 23.2 Å². The largest absolute Gasteiger partial charge is 0.357 e. The highest BCUT2D eigenvalue weighted by Gasteiger charge is 2.25. The van der Waals surface area contributed by atoms with E-state index in [9.17, 15) is 18.4 Å². The fraction of sp³-hybridized carbons (Fsp3) is 0.471. The molecule has 136 valence electrons. The smallest absolute Gasteiger partial charge is 0.229 e. The van der Waals surface area contributed by atoms with Crippen molar-refractivity contribution in [3.05, 3.63) is 35.4 Å². The van der Waals surface area contributed by atoms with Crippen LogP contribution in [0.2, 0.25) is 0 Å². The summed E-state index contributed by atoms with van der Waals surface area (Å²) < 4.78 is 26.8.